The highest BCUT2D eigenvalue weighted by Crippen LogP contribution is 2.25. The lowest BCUT2D eigenvalue weighted by atomic mass is 10.1. The van der Waals surface area contributed by atoms with Crippen molar-refractivity contribution in [2.45, 2.75) is 27.3 Å². The molecular formula is C14H18BrN3. The lowest BCUT2D eigenvalue weighted by molar-refractivity contribution is 0.774. The molecule has 4 heteroatoms. The Morgan fingerprint density at radius 1 is 1.28 bits per heavy atom. The Labute approximate surface area is 116 Å². The first kappa shape index (κ1) is 13.3. The van der Waals surface area contributed by atoms with Gasteiger partial charge < -0.3 is 5.32 Å². The Morgan fingerprint density at radius 2 is 2.00 bits per heavy atom. The minimum atomic E-state index is 0.840. The van der Waals surface area contributed by atoms with E-state index in [4.69, 9.17) is 0 Å². The topological polar surface area (TPSA) is 29.9 Å². The third-order valence-electron chi connectivity index (χ3n) is 3.03. The van der Waals surface area contributed by atoms with Crippen LogP contribution in [0.5, 0.6) is 0 Å². The van der Waals surface area contributed by atoms with Gasteiger partial charge in [-0.1, -0.05) is 17.7 Å². The fourth-order valence-corrected chi connectivity index (χ4v) is 2.36. The van der Waals surface area contributed by atoms with E-state index in [-0.39, 0.29) is 0 Å². The Bertz CT molecular complexity index is 573. The first-order valence-corrected chi connectivity index (χ1v) is 6.80. The zero-order valence-electron chi connectivity index (χ0n) is 11.2. The number of nitrogens with zero attached hydrogens (tertiary/aromatic N) is 2. The van der Waals surface area contributed by atoms with Crippen LogP contribution >= 0.6 is 15.9 Å². The molecule has 18 heavy (non-hydrogen) atoms. The van der Waals surface area contributed by atoms with Crippen LogP contribution in [0.2, 0.25) is 0 Å². The highest BCUT2D eigenvalue weighted by Gasteiger charge is 2.13. The molecule has 96 valence electrons. The number of hydrogen-bond acceptors (Lipinski definition) is 2. The van der Waals surface area contributed by atoms with Crippen LogP contribution < -0.4 is 5.32 Å². The molecule has 1 heterocycles. The summed E-state index contributed by atoms with van der Waals surface area (Å²) in [5.41, 5.74) is 5.82. The van der Waals surface area contributed by atoms with Gasteiger partial charge in [0, 0.05) is 6.54 Å². The third kappa shape index (κ3) is 2.35. The van der Waals surface area contributed by atoms with Crippen LogP contribution in [0.25, 0.3) is 5.69 Å². The largest absolute Gasteiger partial charge is 0.316 e. The van der Waals surface area contributed by atoms with Gasteiger partial charge in [0.15, 0.2) is 0 Å². The van der Waals surface area contributed by atoms with Gasteiger partial charge in [0.25, 0.3) is 0 Å². The molecular weight excluding hydrogens is 290 g/mol. The third-order valence-corrected chi connectivity index (χ3v) is 4.18. The van der Waals surface area contributed by atoms with Crippen molar-refractivity contribution in [1.82, 2.24) is 15.1 Å². The van der Waals surface area contributed by atoms with Crippen molar-refractivity contribution < 1.29 is 0 Å². The molecule has 0 saturated heterocycles. The zero-order chi connectivity index (χ0) is 13.3. The SMILES string of the molecule is CNCc1cc(C)ccc1-n1nc(C)c(Br)c1C. The summed E-state index contributed by atoms with van der Waals surface area (Å²) in [5.74, 6) is 0. The van der Waals surface area contributed by atoms with E-state index < -0.39 is 0 Å². The van der Waals surface area contributed by atoms with Crippen molar-refractivity contribution >= 4 is 15.9 Å². The number of aromatic nitrogens is 2. The van der Waals surface area contributed by atoms with E-state index in [1.54, 1.807) is 0 Å². The maximum Gasteiger partial charge on any atom is 0.0743 e. The van der Waals surface area contributed by atoms with Crippen LogP contribution in [0.15, 0.2) is 22.7 Å². The Balaban J connectivity index is 2.59. The molecule has 2 rings (SSSR count). The van der Waals surface area contributed by atoms with Crippen molar-refractivity contribution in [2.24, 2.45) is 0 Å². The van der Waals surface area contributed by atoms with Crippen molar-refractivity contribution in [2.75, 3.05) is 7.05 Å². The number of hydrogen-bond donors (Lipinski definition) is 1. The summed E-state index contributed by atoms with van der Waals surface area (Å²) in [7, 11) is 1.96. The summed E-state index contributed by atoms with van der Waals surface area (Å²) in [5, 5.41) is 7.80. The number of nitrogens with one attached hydrogen (secondary N) is 1. The average Bonchev–Trinajstić information content (AvgIpc) is 2.58. The fraction of sp³-hybridized carbons (Fsp3) is 0.357. The van der Waals surface area contributed by atoms with Crippen molar-refractivity contribution in [3.05, 3.63) is 45.2 Å². The number of benzene rings is 1. The second-order valence-corrected chi connectivity index (χ2v) is 5.35. The van der Waals surface area contributed by atoms with Gasteiger partial charge in [-0.15, -0.1) is 0 Å². The number of aryl methyl sites for hydroxylation is 2. The molecule has 3 nitrogen and oxygen atoms in total. The maximum atomic E-state index is 4.59. The van der Waals surface area contributed by atoms with Crippen LogP contribution in [-0.4, -0.2) is 16.8 Å². The zero-order valence-corrected chi connectivity index (χ0v) is 12.8. The van der Waals surface area contributed by atoms with Gasteiger partial charge >= 0.3 is 0 Å². The molecule has 0 atom stereocenters. The molecule has 2 aromatic rings. The average molecular weight is 308 g/mol. The van der Waals surface area contributed by atoms with Gasteiger partial charge in [-0.25, -0.2) is 4.68 Å². The Hall–Kier alpha value is -1.13. The summed E-state index contributed by atoms with van der Waals surface area (Å²) in [6, 6.07) is 6.46. The highest BCUT2D eigenvalue weighted by molar-refractivity contribution is 9.10. The van der Waals surface area contributed by atoms with Gasteiger partial charge in [-0.2, -0.15) is 5.10 Å². The highest BCUT2D eigenvalue weighted by atomic mass is 79.9. The van der Waals surface area contributed by atoms with E-state index in [2.05, 4.69) is 58.4 Å². The molecule has 0 aliphatic rings. The molecule has 0 bridgehead atoms. The van der Waals surface area contributed by atoms with Gasteiger partial charge in [-0.3, -0.25) is 0 Å². The minimum absolute atomic E-state index is 0.840. The van der Waals surface area contributed by atoms with Crippen LogP contribution in [0.1, 0.15) is 22.5 Å². The van der Waals surface area contributed by atoms with Gasteiger partial charge in [0.2, 0.25) is 0 Å². The Morgan fingerprint density at radius 3 is 2.56 bits per heavy atom. The summed E-state index contributed by atoms with van der Waals surface area (Å²) in [6.45, 7) is 7.04. The molecule has 0 amide bonds. The van der Waals surface area contributed by atoms with Crippen LogP contribution in [0, 0.1) is 20.8 Å². The van der Waals surface area contributed by atoms with Gasteiger partial charge in [0.1, 0.15) is 0 Å². The van der Waals surface area contributed by atoms with E-state index in [1.807, 2.05) is 18.7 Å². The molecule has 0 radical (unpaired) electrons. The van der Waals surface area contributed by atoms with Crippen LogP contribution in [0.4, 0.5) is 0 Å². The molecule has 1 aromatic heterocycles. The van der Waals surface area contributed by atoms with E-state index in [1.165, 1.54) is 11.1 Å². The predicted molar refractivity (Wildman–Crippen MR) is 78.2 cm³/mol. The normalized spacial score (nSPS) is 10.9. The molecule has 0 unspecified atom stereocenters. The quantitative estimate of drug-likeness (QED) is 0.943. The van der Waals surface area contributed by atoms with Crippen LogP contribution in [0.3, 0.4) is 0 Å². The van der Waals surface area contributed by atoms with Crippen molar-refractivity contribution in [1.29, 1.82) is 0 Å². The standard InChI is InChI=1S/C14H18BrN3/c1-9-5-6-13(12(7-9)8-16-4)18-11(3)14(15)10(2)17-18/h5-7,16H,8H2,1-4H3. The summed E-state index contributed by atoms with van der Waals surface area (Å²) in [4.78, 5) is 0. The molecule has 1 N–H and O–H groups in total. The van der Waals surface area contributed by atoms with Crippen molar-refractivity contribution in [3.8, 4) is 5.69 Å². The predicted octanol–water partition coefficient (Wildman–Crippen LogP) is 3.28. The second-order valence-electron chi connectivity index (χ2n) is 4.56. The van der Waals surface area contributed by atoms with Gasteiger partial charge in [-0.05, 0) is 55.4 Å². The fourth-order valence-electron chi connectivity index (χ4n) is 2.11. The lowest BCUT2D eigenvalue weighted by Crippen LogP contribution is -2.11. The monoisotopic (exact) mass is 307 g/mol. The van der Waals surface area contributed by atoms with Crippen molar-refractivity contribution in [3.63, 3.8) is 0 Å². The first-order chi connectivity index (χ1) is 8.54. The van der Waals surface area contributed by atoms with Crippen LogP contribution in [-0.2, 0) is 6.54 Å². The molecule has 0 aliphatic heterocycles. The number of halogens is 1. The lowest BCUT2D eigenvalue weighted by Gasteiger charge is -2.12. The van der Waals surface area contributed by atoms with E-state index in [9.17, 15) is 0 Å². The number of rotatable bonds is 3. The molecule has 0 spiro atoms. The smallest absolute Gasteiger partial charge is 0.0743 e. The van der Waals surface area contributed by atoms with E-state index >= 15 is 0 Å². The first-order valence-electron chi connectivity index (χ1n) is 6.00. The molecule has 0 saturated carbocycles. The second kappa shape index (κ2) is 5.24. The summed E-state index contributed by atoms with van der Waals surface area (Å²) in [6.07, 6.45) is 0. The molecule has 1 aromatic carbocycles. The molecule has 0 fully saturated rings. The summed E-state index contributed by atoms with van der Waals surface area (Å²) < 4.78 is 3.09. The Kier molecular flexibility index (Phi) is 3.88. The molecule has 0 aliphatic carbocycles. The van der Waals surface area contributed by atoms with E-state index in [0.717, 1.165) is 28.1 Å². The maximum absolute atomic E-state index is 4.59. The minimum Gasteiger partial charge on any atom is -0.316 e. The van der Waals surface area contributed by atoms with Gasteiger partial charge in [0.05, 0.1) is 21.5 Å². The van der Waals surface area contributed by atoms with E-state index in [0.29, 0.717) is 0 Å². The summed E-state index contributed by atoms with van der Waals surface area (Å²) >= 11 is 3.58.